The number of aromatic nitrogens is 1. The van der Waals surface area contributed by atoms with Crippen molar-refractivity contribution in [2.45, 2.75) is 9.79 Å². The number of nitrogens with zero attached hydrogens (tertiary/aromatic N) is 2. The Labute approximate surface area is 154 Å². The first kappa shape index (κ1) is 17.2. The molecule has 0 aliphatic rings. The highest BCUT2D eigenvalue weighted by Gasteiger charge is 2.02. The molecule has 1 heterocycles. The summed E-state index contributed by atoms with van der Waals surface area (Å²) in [7, 11) is 0. The summed E-state index contributed by atoms with van der Waals surface area (Å²) in [4.78, 5) is 18.0. The molecule has 3 aromatic rings. The Balaban J connectivity index is 1.57. The van der Waals surface area contributed by atoms with Crippen LogP contribution in [0.2, 0.25) is 5.02 Å². The summed E-state index contributed by atoms with van der Waals surface area (Å²) in [6, 6.07) is 18.9. The number of hydrogen-bond acceptors (Lipinski definition) is 4. The van der Waals surface area contributed by atoms with Gasteiger partial charge in [0.2, 0.25) is 0 Å². The van der Waals surface area contributed by atoms with Gasteiger partial charge in [-0.15, -0.1) is 0 Å². The van der Waals surface area contributed by atoms with Gasteiger partial charge in [0, 0.05) is 32.8 Å². The number of rotatable bonds is 5. The van der Waals surface area contributed by atoms with Crippen LogP contribution in [-0.4, -0.2) is 17.1 Å². The highest BCUT2D eigenvalue weighted by molar-refractivity contribution is 7.99. The van der Waals surface area contributed by atoms with E-state index in [2.05, 4.69) is 15.5 Å². The molecule has 0 atom stereocenters. The first-order chi connectivity index (χ1) is 12.2. The third kappa shape index (κ3) is 5.17. The molecular formula is C19H14ClN3OS. The van der Waals surface area contributed by atoms with E-state index < -0.39 is 0 Å². The second-order valence-electron chi connectivity index (χ2n) is 5.06. The topological polar surface area (TPSA) is 54.4 Å². The van der Waals surface area contributed by atoms with E-state index >= 15 is 0 Å². The van der Waals surface area contributed by atoms with Crippen LogP contribution in [0, 0.1) is 0 Å². The van der Waals surface area contributed by atoms with E-state index in [1.807, 2.05) is 48.5 Å². The number of carbonyl (C=O) groups excluding carboxylic acids is 1. The number of amides is 1. The summed E-state index contributed by atoms with van der Waals surface area (Å²) in [5, 5.41) is 4.70. The molecule has 1 N–H and O–H groups in total. The van der Waals surface area contributed by atoms with Gasteiger partial charge in [-0.05, 0) is 54.1 Å². The smallest absolute Gasteiger partial charge is 0.267 e. The Kier molecular flexibility index (Phi) is 5.82. The van der Waals surface area contributed by atoms with Crippen LogP contribution >= 0.6 is 23.4 Å². The maximum atomic E-state index is 11.9. The number of nitrogens with one attached hydrogen (secondary N) is 1. The predicted molar refractivity (Wildman–Crippen MR) is 101 cm³/mol. The molecule has 0 saturated heterocycles. The molecule has 0 aliphatic carbocycles. The maximum Gasteiger partial charge on any atom is 0.271 e. The SMILES string of the molecule is O=C(N/N=C\c1ccc(Sc2ccc(Cl)cc2)cc1)c1ccncc1. The van der Waals surface area contributed by atoms with Gasteiger partial charge in [-0.1, -0.05) is 35.5 Å². The zero-order valence-electron chi connectivity index (χ0n) is 13.1. The largest absolute Gasteiger partial charge is 0.271 e. The van der Waals surface area contributed by atoms with Crippen LogP contribution in [0.5, 0.6) is 0 Å². The Morgan fingerprint density at radius 2 is 1.56 bits per heavy atom. The summed E-state index contributed by atoms with van der Waals surface area (Å²) < 4.78 is 0. The highest BCUT2D eigenvalue weighted by atomic mass is 35.5. The first-order valence-corrected chi connectivity index (χ1v) is 8.67. The van der Waals surface area contributed by atoms with E-state index in [4.69, 9.17) is 11.6 Å². The number of benzene rings is 2. The minimum Gasteiger partial charge on any atom is -0.267 e. The molecule has 0 spiro atoms. The molecule has 0 radical (unpaired) electrons. The number of hydrazone groups is 1. The number of hydrogen-bond donors (Lipinski definition) is 1. The van der Waals surface area contributed by atoms with Gasteiger partial charge in [0.1, 0.15) is 0 Å². The van der Waals surface area contributed by atoms with E-state index in [1.54, 1.807) is 42.5 Å². The van der Waals surface area contributed by atoms with E-state index in [9.17, 15) is 4.79 Å². The van der Waals surface area contributed by atoms with Crippen LogP contribution in [0.15, 0.2) is 87.9 Å². The van der Waals surface area contributed by atoms with Gasteiger partial charge in [-0.3, -0.25) is 9.78 Å². The molecule has 0 bridgehead atoms. The van der Waals surface area contributed by atoms with Crippen molar-refractivity contribution in [1.29, 1.82) is 0 Å². The molecule has 0 aliphatic heterocycles. The number of carbonyl (C=O) groups is 1. The number of pyridine rings is 1. The summed E-state index contributed by atoms with van der Waals surface area (Å²) in [6.45, 7) is 0. The minimum atomic E-state index is -0.270. The summed E-state index contributed by atoms with van der Waals surface area (Å²) in [5.74, 6) is -0.270. The second-order valence-corrected chi connectivity index (χ2v) is 6.64. The monoisotopic (exact) mass is 367 g/mol. The van der Waals surface area contributed by atoms with Crippen molar-refractivity contribution >= 4 is 35.5 Å². The normalized spacial score (nSPS) is 10.8. The Hall–Kier alpha value is -2.63. The lowest BCUT2D eigenvalue weighted by molar-refractivity contribution is 0.0955. The molecule has 0 saturated carbocycles. The van der Waals surface area contributed by atoms with Crippen LogP contribution in [-0.2, 0) is 0 Å². The molecule has 4 nitrogen and oxygen atoms in total. The standard InChI is InChI=1S/C19H14ClN3OS/c20-16-3-7-18(8-4-16)25-17-5-1-14(2-6-17)13-22-23-19(24)15-9-11-21-12-10-15/h1-13H,(H,23,24)/b22-13-. The van der Waals surface area contributed by atoms with E-state index in [-0.39, 0.29) is 5.91 Å². The molecule has 6 heteroatoms. The van der Waals surface area contributed by atoms with Gasteiger partial charge in [0.15, 0.2) is 0 Å². The van der Waals surface area contributed by atoms with Gasteiger partial charge < -0.3 is 0 Å². The van der Waals surface area contributed by atoms with Gasteiger partial charge >= 0.3 is 0 Å². The van der Waals surface area contributed by atoms with Crippen molar-refractivity contribution in [3.05, 3.63) is 89.2 Å². The fraction of sp³-hybridized carbons (Fsp3) is 0. The van der Waals surface area contributed by atoms with Gasteiger partial charge in [0.25, 0.3) is 5.91 Å². The van der Waals surface area contributed by atoms with Crippen molar-refractivity contribution in [2.24, 2.45) is 5.10 Å². The third-order valence-corrected chi connectivity index (χ3v) is 4.52. The molecule has 0 fully saturated rings. The average Bonchev–Trinajstić information content (AvgIpc) is 2.66. The predicted octanol–water partition coefficient (Wildman–Crippen LogP) is 4.65. The molecule has 1 aromatic heterocycles. The molecule has 124 valence electrons. The van der Waals surface area contributed by atoms with Crippen molar-refractivity contribution in [3.63, 3.8) is 0 Å². The van der Waals surface area contributed by atoms with Crippen LogP contribution in [0.1, 0.15) is 15.9 Å². The third-order valence-electron chi connectivity index (χ3n) is 3.25. The summed E-state index contributed by atoms with van der Waals surface area (Å²) >= 11 is 7.54. The van der Waals surface area contributed by atoms with Crippen LogP contribution in [0.25, 0.3) is 0 Å². The van der Waals surface area contributed by atoms with E-state index in [1.165, 1.54) is 0 Å². The van der Waals surface area contributed by atoms with E-state index in [0.717, 1.165) is 20.4 Å². The Morgan fingerprint density at radius 1 is 0.960 bits per heavy atom. The zero-order valence-corrected chi connectivity index (χ0v) is 14.7. The lowest BCUT2D eigenvalue weighted by Gasteiger charge is -2.02. The Bertz CT molecular complexity index is 865. The lowest BCUT2D eigenvalue weighted by atomic mass is 10.2. The highest BCUT2D eigenvalue weighted by Crippen LogP contribution is 2.28. The zero-order chi connectivity index (χ0) is 17.5. The molecule has 3 rings (SSSR count). The quantitative estimate of drug-likeness (QED) is 0.527. The molecule has 25 heavy (non-hydrogen) atoms. The van der Waals surface area contributed by atoms with Gasteiger partial charge in [0.05, 0.1) is 6.21 Å². The van der Waals surface area contributed by atoms with Crippen molar-refractivity contribution in [1.82, 2.24) is 10.4 Å². The van der Waals surface area contributed by atoms with Crippen molar-refractivity contribution < 1.29 is 4.79 Å². The fourth-order valence-electron chi connectivity index (χ4n) is 1.99. The summed E-state index contributed by atoms with van der Waals surface area (Å²) in [6.07, 6.45) is 4.74. The maximum absolute atomic E-state index is 11.9. The van der Waals surface area contributed by atoms with Crippen molar-refractivity contribution in [2.75, 3.05) is 0 Å². The second kappa shape index (κ2) is 8.46. The lowest BCUT2D eigenvalue weighted by Crippen LogP contribution is -2.17. The average molecular weight is 368 g/mol. The van der Waals surface area contributed by atoms with Crippen LogP contribution in [0.3, 0.4) is 0 Å². The van der Waals surface area contributed by atoms with Gasteiger partial charge in [-0.25, -0.2) is 5.43 Å². The van der Waals surface area contributed by atoms with Crippen LogP contribution < -0.4 is 5.43 Å². The molecule has 2 aromatic carbocycles. The van der Waals surface area contributed by atoms with Crippen LogP contribution in [0.4, 0.5) is 0 Å². The van der Waals surface area contributed by atoms with E-state index in [0.29, 0.717) is 5.56 Å². The van der Waals surface area contributed by atoms with Crippen molar-refractivity contribution in [3.8, 4) is 0 Å². The molecular weight excluding hydrogens is 354 g/mol. The molecule has 0 unspecified atom stereocenters. The Morgan fingerprint density at radius 3 is 2.20 bits per heavy atom. The minimum absolute atomic E-state index is 0.270. The number of halogens is 1. The summed E-state index contributed by atoms with van der Waals surface area (Å²) in [5.41, 5.74) is 3.91. The van der Waals surface area contributed by atoms with Gasteiger partial charge in [-0.2, -0.15) is 5.10 Å². The fourth-order valence-corrected chi connectivity index (χ4v) is 2.94. The molecule has 1 amide bonds. The first-order valence-electron chi connectivity index (χ1n) is 7.47.